The first kappa shape index (κ1) is 20.8. The summed E-state index contributed by atoms with van der Waals surface area (Å²) >= 11 is 1.48. The Kier molecular flexibility index (Phi) is 5.74. The SMILES string of the molecule is CCc1ccc(CN(C)C(=O)CSc2nnc(-c3c[nH]c4ccccc34)n2C2CC2)cc1. The Hall–Kier alpha value is -3.06. The number of rotatable bonds is 8. The minimum atomic E-state index is 0.0913. The summed E-state index contributed by atoms with van der Waals surface area (Å²) < 4.78 is 2.22. The second-order valence-corrected chi connectivity index (χ2v) is 9.31. The highest BCUT2D eigenvalue weighted by Crippen LogP contribution is 2.42. The van der Waals surface area contributed by atoms with Crippen LogP contribution < -0.4 is 0 Å². The van der Waals surface area contributed by atoms with Crippen molar-refractivity contribution in [3.8, 4) is 11.4 Å². The molecule has 1 saturated carbocycles. The number of carbonyl (C=O) groups is 1. The van der Waals surface area contributed by atoms with Crippen molar-refractivity contribution >= 4 is 28.6 Å². The number of fused-ring (bicyclic) bond motifs is 1. The molecule has 0 bridgehead atoms. The third-order valence-electron chi connectivity index (χ3n) is 6.01. The van der Waals surface area contributed by atoms with E-state index in [-0.39, 0.29) is 5.91 Å². The molecule has 1 N–H and O–H groups in total. The number of nitrogens with zero attached hydrogens (tertiary/aromatic N) is 4. The van der Waals surface area contributed by atoms with Crippen molar-refractivity contribution in [3.63, 3.8) is 0 Å². The molecule has 0 saturated heterocycles. The third-order valence-corrected chi connectivity index (χ3v) is 6.94. The molecule has 1 aliphatic carbocycles. The molecule has 0 aliphatic heterocycles. The van der Waals surface area contributed by atoms with Gasteiger partial charge in [0.1, 0.15) is 0 Å². The van der Waals surface area contributed by atoms with E-state index < -0.39 is 0 Å². The molecule has 0 spiro atoms. The van der Waals surface area contributed by atoms with Gasteiger partial charge in [-0.2, -0.15) is 0 Å². The monoisotopic (exact) mass is 445 g/mol. The first-order chi connectivity index (χ1) is 15.6. The molecule has 4 aromatic rings. The molecule has 7 heteroatoms. The zero-order valence-electron chi connectivity index (χ0n) is 18.4. The molecule has 2 aromatic heterocycles. The first-order valence-electron chi connectivity index (χ1n) is 11.1. The van der Waals surface area contributed by atoms with Crippen LogP contribution in [0.4, 0.5) is 0 Å². The largest absolute Gasteiger partial charge is 0.360 e. The van der Waals surface area contributed by atoms with E-state index in [0.717, 1.165) is 52.3 Å². The Morgan fingerprint density at radius 1 is 1.12 bits per heavy atom. The van der Waals surface area contributed by atoms with E-state index in [1.807, 2.05) is 25.4 Å². The fourth-order valence-electron chi connectivity index (χ4n) is 3.96. The maximum Gasteiger partial charge on any atom is 0.233 e. The smallest absolute Gasteiger partial charge is 0.233 e. The molecule has 2 heterocycles. The third kappa shape index (κ3) is 4.17. The van der Waals surface area contributed by atoms with Crippen molar-refractivity contribution in [2.24, 2.45) is 0 Å². The van der Waals surface area contributed by atoms with Gasteiger partial charge < -0.3 is 9.88 Å². The Balaban J connectivity index is 1.30. The number of aromatic nitrogens is 4. The quantitative estimate of drug-likeness (QED) is 0.384. The zero-order valence-corrected chi connectivity index (χ0v) is 19.2. The van der Waals surface area contributed by atoms with Crippen LogP contribution in [-0.2, 0) is 17.8 Å². The summed E-state index contributed by atoms with van der Waals surface area (Å²) in [5.74, 6) is 1.32. The molecule has 6 nitrogen and oxygen atoms in total. The topological polar surface area (TPSA) is 66.8 Å². The Morgan fingerprint density at radius 2 is 1.88 bits per heavy atom. The normalized spacial score (nSPS) is 13.6. The zero-order chi connectivity index (χ0) is 22.1. The number of aryl methyl sites for hydroxylation is 1. The molecule has 0 unspecified atom stereocenters. The molecule has 2 aromatic carbocycles. The lowest BCUT2D eigenvalue weighted by atomic mass is 10.1. The van der Waals surface area contributed by atoms with Crippen LogP contribution >= 0.6 is 11.8 Å². The lowest BCUT2D eigenvalue weighted by Gasteiger charge is -2.17. The first-order valence-corrected chi connectivity index (χ1v) is 12.1. The van der Waals surface area contributed by atoms with Gasteiger partial charge in [-0.15, -0.1) is 10.2 Å². The van der Waals surface area contributed by atoms with Gasteiger partial charge in [0.05, 0.1) is 5.75 Å². The van der Waals surface area contributed by atoms with Crippen molar-refractivity contribution < 1.29 is 4.79 Å². The lowest BCUT2D eigenvalue weighted by Crippen LogP contribution is -2.27. The lowest BCUT2D eigenvalue weighted by molar-refractivity contribution is -0.127. The summed E-state index contributed by atoms with van der Waals surface area (Å²) in [7, 11) is 1.86. The summed E-state index contributed by atoms with van der Waals surface area (Å²) in [6.07, 6.45) is 5.28. The number of hydrogen-bond acceptors (Lipinski definition) is 4. The van der Waals surface area contributed by atoms with Gasteiger partial charge in [-0.3, -0.25) is 9.36 Å². The van der Waals surface area contributed by atoms with Gasteiger partial charge in [0.25, 0.3) is 0 Å². The summed E-state index contributed by atoms with van der Waals surface area (Å²) in [6, 6.07) is 17.1. The van der Waals surface area contributed by atoms with Crippen LogP contribution in [0, 0.1) is 0 Å². The van der Waals surface area contributed by atoms with E-state index in [2.05, 4.69) is 63.1 Å². The number of H-pyrrole nitrogens is 1. The minimum Gasteiger partial charge on any atom is -0.360 e. The summed E-state index contributed by atoms with van der Waals surface area (Å²) in [4.78, 5) is 17.9. The van der Waals surface area contributed by atoms with Crippen LogP contribution in [0.25, 0.3) is 22.3 Å². The number of hydrogen-bond donors (Lipinski definition) is 1. The average Bonchev–Trinajstić information content (AvgIpc) is 3.43. The summed E-state index contributed by atoms with van der Waals surface area (Å²) in [5, 5.41) is 11.0. The van der Waals surface area contributed by atoms with Crippen LogP contribution in [0.5, 0.6) is 0 Å². The number of benzene rings is 2. The van der Waals surface area contributed by atoms with Crippen LogP contribution in [0.2, 0.25) is 0 Å². The average molecular weight is 446 g/mol. The number of nitrogens with one attached hydrogen (secondary N) is 1. The van der Waals surface area contributed by atoms with E-state index in [9.17, 15) is 4.79 Å². The summed E-state index contributed by atoms with van der Waals surface area (Å²) in [5.41, 5.74) is 4.60. The highest BCUT2D eigenvalue weighted by molar-refractivity contribution is 7.99. The maximum absolute atomic E-state index is 12.8. The van der Waals surface area contributed by atoms with E-state index in [1.165, 1.54) is 17.3 Å². The summed E-state index contributed by atoms with van der Waals surface area (Å²) in [6.45, 7) is 2.76. The predicted octanol–water partition coefficient (Wildman–Crippen LogP) is 5.07. The molecular formula is C25H27N5OS. The minimum absolute atomic E-state index is 0.0913. The molecular weight excluding hydrogens is 418 g/mol. The highest BCUT2D eigenvalue weighted by Gasteiger charge is 2.31. The molecule has 164 valence electrons. The molecule has 32 heavy (non-hydrogen) atoms. The van der Waals surface area contributed by atoms with E-state index in [4.69, 9.17) is 0 Å². The number of aromatic amines is 1. The van der Waals surface area contributed by atoms with E-state index in [1.54, 1.807) is 4.90 Å². The van der Waals surface area contributed by atoms with Crippen molar-refractivity contribution in [2.45, 2.75) is 43.9 Å². The predicted molar refractivity (Wildman–Crippen MR) is 129 cm³/mol. The number of para-hydroxylation sites is 1. The van der Waals surface area contributed by atoms with Gasteiger partial charge >= 0.3 is 0 Å². The molecule has 1 fully saturated rings. The van der Waals surface area contributed by atoms with Gasteiger partial charge in [-0.1, -0.05) is 61.2 Å². The maximum atomic E-state index is 12.8. The van der Waals surface area contributed by atoms with Crippen LogP contribution in [0.1, 0.15) is 36.9 Å². The van der Waals surface area contributed by atoms with E-state index in [0.29, 0.717) is 18.3 Å². The van der Waals surface area contributed by atoms with E-state index >= 15 is 0 Å². The van der Waals surface area contributed by atoms with Crippen molar-refractivity contribution in [1.82, 2.24) is 24.6 Å². The van der Waals surface area contributed by atoms with Crippen molar-refractivity contribution in [3.05, 3.63) is 65.9 Å². The second-order valence-electron chi connectivity index (χ2n) is 8.36. The van der Waals surface area contributed by atoms with Crippen molar-refractivity contribution in [1.29, 1.82) is 0 Å². The Morgan fingerprint density at radius 3 is 2.62 bits per heavy atom. The number of amides is 1. The number of thioether (sulfide) groups is 1. The van der Waals surface area contributed by atoms with Crippen molar-refractivity contribution in [2.75, 3.05) is 12.8 Å². The van der Waals surface area contributed by atoms with Gasteiger partial charge in [0.15, 0.2) is 11.0 Å². The van der Waals surface area contributed by atoms with Gasteiger partial charge in [0.2, 0.25) is 5.91 Å². The second kappa shape index (κ2) is 8.82. The Labute approximate surface area is 192 Å². The molecule has 1 aliphatic rings. The van der Waals surface area contributed by atoms with Crippen LogP contribution in [0.15, 0.2) is 59.9 Å². The molecule has 5 rings (SSSR count). The number of carbonyl (C=O) groups excluding carboxylic acids is 1. The van der Waals surface area contributed by atoms with Gasteiger partial charge in [0, 0.05) is 42.3 Å². The van der Waals surface area contributed by atoms with Gasteiger partial charge in [-0.05, 0) is 36.5 Å². The molecule has 1 amide bonds. The van der Waals surface area contributed by atoms with Gasteiger partial charge in [-0.25, -0.2) is 0 Å². The Bertz CT molecular complexity index is 1240. The van der Waals surface area contributed by atoms with Crippen LogP contribution in [0.3, 0.4) is 0 Å². The molecule has 0 radical (unpaired) electrons. The molecule has 0 atom stereocenters. The fourth-order valence-corrected chi connectivity index (χ4v) is 4.90. The van der Waals surface area contributed by atoms with Crippen LogP contribution in [-0.4, -0.2) is 43.4 Å². The standard InChI is InChI=1S/C25H27N5OS/c1-3-17-8-10-18(11-9-17)15-29(2)23(31)16-32-25-28-27-24(30(25)19-12-13-19)21-14-26-22-7-5-4-6-20(21)22/h4-11,14,19,26H,3,12-13,15-16H2,1-2H3. The fraction of sp³-hybridized carbons (Fsp3) is 0.320. The highest BCUT2D eigenvalue weighted by atomic mass is 32.2.